The number of amides is 3. The summed E-state index contributed by atoms with van der Waals surface area (Å²) in [6, 6.07) is 24.3. The van der Waals surface area contributed by atoms with E-state index >= 15 is 0 Å². The van der Waals surface area contributed by atoms with E-state index in [9.17, 15) is 14.4 Å². The molecule has 3 aromatic rings. The summed E-state index contributed by atoms with van der Waals surface area (Å²) in [6.07, 6.45) is 0.442. The first-order valence-electron chi connectivity index (χ1n) is 13.3. The minimum absolute atomic E-state index is 0.106. The van der Waals surface area contributed by atoms with Gasteiger partial charge in [0.15, 0.2) is 5.17 Å². The number of fused-ring (bicyclic) bond motifs is 3. The monoisotopic (exact) mass is 553 g/mol. The smallest absolute Gasteiger partial charge is 0.270 e. The Labute approximate surface area is 238 Å². The van der Waals surface area contributed by atoms with E-state index < -0.39 is 6.04 Å². The second-order valence-corrected chi connectivity index (χ2v) is 10.9. The maximum absolute atomic E-state index is 13.0. The molecule has 2 aliphatic heterocycles. The number of amidine groups is 2. The highest BCUT2D eigenvalue weighted by atomic mass is 32.2. The van der Waals surface area contributed by atoms with E-state index in [0.717, 1.165) is 16.8 Å². The van der Waals surface area contributed by atoms with Crippen LogP contribution in [0.2, 0.25) is 0 Å². The molecule has 3 amide bonds. The van der Waals surface area contributed by atoms with Crippen LogP contribution in [0.1, 0.15) is 49.3 Å². The van der Waals surface area contributed by atoms with E-state index in [-0.39, 0.29) is 36.3 Å². The van der Waals surface area contributed by atoms with E-state index in [0.29, 0.717) is 29.2 Å². The highest BCUT2D eigenvalue weighted by Gasteiger charge is 2.41. The van der Waals surface area contributed by atoms with Crippen molar-refractivity contribution in [3.8, 4) is 0 Å². The Hall–Kier alpha value is -4.24. The molecule has 0 saturated carbocycles. The fourth-order valence-corrected chi connectivity index (χ4v) is 5.46. The van der Waals surface area contributed by atoms with Gasteiger partial charge in [-0.15, -0.1) is 0 Å². The summed E-state index contributed by atoms with van der Waals surface area (Å²) in [5, 5.41) is 6.36. The van der Waals surface area contributed by atoms with Gasteiger partial charge in [-0.3, -0.25) is 19.3 Å². The second-order valence-electron chi connectivity index (χ2n) is 9.99. The van der Waals surface area contributed by atoms with Crippen LogP contribution in [0, 0.1) is 0 Å². The quantitative estimate of drug-likeness (QED) is 0.377. The van der Waals surface area contributed by atoms with Crippen LogP contribution in [-0.2, 0) is 20.9 Å². The fourth-order valence-electron chi connectivity index (χ4n) is 4.61. The van der Waals surface area contributed by atoms with Gasteiger partial charge in [-0.1, -0.05) is 80.2 Å². The van der Waals surface area contributed by atoms with Crippen LogP contribution in [0.4, 0.5) is 11.4 Å². The Morgan fingerprint density at radius 2 is 1.65 bits per heavy atom. The number of hydrogen-bond donors (Lipinski definition) is 2. The van der Waals surface area contributed by atoms with Crippen molar-refractivity contribution in [2.45, 2.75) is 45.2 Å². The molecule has 1 unspecified atom stereocenters. The molecule has 8 nitrogen and oxygen atoms in total. The van der Waals surface area contributed by atoms with Gasteiger partial charge in [0.1, 0.15) is 11.9 Å². The zero-order chi connectivity index (χ0) is 28.1. The molecular formula is C31H31N5O3S. The topological polar surface area (TPSA) is 103 Å². The van der Waals surface area contributed by atoms with E-state index in [1.54, 1.807) is 4.90 Å². The van der Waals surface area contributed by atoms with Crippen LogP contribution in [0.5, 0.6) is 0 Å². The Morgan fingerprint density at radius 3 is 2.40 bits per heavy atom. The SMILES string of the molecule is CC(C)c1ccc(NC(=O)CSC2=Nc3ccccc3C3=NC(=O)C(CCC(=O)NCc4ccccc4)N23)cc1. The molecule has 0 bridgehead atoms. The molecule has 0 fully saturated rings. The molecule has 0 radical (unpaired) electrons. The molecule has 2 N–H and O–H groups in total. The summed E-state index contributed by atoms with van der Waals surface area (Å²) < 4.78 is 0. The Morgan fingerprint density at radius 1 is 0.925 bits per heavy atom. The van der Waals surface area contributed by atoms with Crippen molar-refractivity contribution >= 4 is 51.9 Å². The minimum Gasteiger partial charge on any atom is -0.352 e. The van der Waals surface area contributed by atoms with Gasteiger partial charge in [0.25, 0.3) is 5.91 Å². The average Bonchev–Trinajstić information content (AvgIpc) is 3.30. The summed E-state index contributed by atoms with van der Waals surface area (Å²) in [7, 11) is 0. The van der Waals surface area contributed by atoms with Gasteiger partial charge >= 0.3 is 0 Å². The number of aliphatic imine (C=N–C) groups is 2. The van der Waals surface area contributed by atoms with Gasteiger partial charge in [-0.2, -0.15) is 4.99 Å². The molecule has 9 heteroatoms. The van der Waals surface area contributed by atoms with Gasteiger partial charge in [0, 0.05) is 24.2 Å². The summed E-state index contributed by atoms with van der Waals surface area (Å²) in [5.74, 6) is 0.397. The highest BCUT2D eigenvalue weighted by Crippen LogP contribution is 2.35. The van der Waals surface area contributed by atoms with Crippen LogP contribution in [0.25, 0.3) is 0 Å². The molecular weight excluding hydrogens is 522 g/mol. The molecule has 1 atom stereocenters. The predicted octanol–water partition coefficient (Wildman–Crippen LogP) is 5.24. The van der Waals surface area contributed by atoms with Gasteiger partial charge < -0.3 is 10.6 Å². The summed E-state index contributed by atoms with van der Waals surface area (Å²) in [5.41, 5.74) is 4.38. The lowest BCUT2D eigenvalue weighted by molar-refractivity contribution is -0.122. The Balaban J connectivity index is 1.25. The third kappa shape index (κ3) is 6.31. The van der Waals surface area contributed by atoms with Crippen molar-refractivity contribution in [3.63, 3.8) is 0 Å². The summed E-state index contributed by atoms with van der Waals surface area (Å²) in [4.78, 5) is 49.4. The van der Waals surface area contributed by atoms with Crippen molar-refractivity contribution in [3.05, 3.63) is 95.6 Å². The molecule has 0 saturated heterocycles. The van der Waals surface area contributed by atoms with Crippen molar-refractivity contribution in [1.82, 2.24) is 10.2 Å². The number of para-hydroxylation sites is 1. The molecule has 0 spiro atoms. The standard InChI is InChI=1S/C31H31N5O3S/c1-20(2)22-12-14-23(15-13-22)33-28(38)19-40-31-34-25-11-7-6-10-24(25)29-35-30(39)26(36(29)31)16-17-27(37)32-18-21-8-4-3-5-9-21/h3-15,20,26H,16-19H2,1-2H3,(H,32,37)(H,33,38). The first kappa shape index (κ1) is 27.3. The minimum atomic E-state index is -0.663. The lowest BCUT2D eigenvalue weighted by Crippen LogP contribution is -2.44. The molecule has 3 aromatic carbocycles. The molecule has 0 aromatic heterocycles. The number of nitrogens with one attached hydrogen (secondary N) is 2. The fraction of sp³-hybridized carbons (Fsp3) is 0.258. The van der Waals surface area contributed by atoms with E-state index in [4.69, 9.17) is 4.99 Å². The number of carbonyl (C=O) groups is 3. The van der Waals surface area contributed by atoms with Gasteiger partial charge in [-0.25, -0.2) is 4.99 Å². The average molecular weight is 554 g/mol. The highest BCUT2D eigenvalue weighted by molar-refractivity contribution is 8.14. The van der Waals surface area contributed by atoms with E-state index in [1.165, 1.54) is 17.3 Å². The van der Waals surface area contributed by atoms with Crippen LogP contribution < -0.4 is 10.6 Å². The molecule has 2 heterocycles. The van der Waals surface area contributed by atoms with Gasteiger partial charge in [-0.05, 0) is 47.7 Å². The number of rotatable bonds is 9. The van der Waals surface area contributed by atoms with Gasteiger partial charge in [0.2, 0.25) is 11.8 Å². The van der Waals surface area contributed by atoms with Gasteiger partial charge in [0.05, 0.1) is 11.4 Å². The van der Waals surface area contributed by atoms with Crippen LogP contribution in [0.3, 0.4) is 0 Å². The number of nitrogens with zero attached hydrogens (tertiary/aromatic N) is 3. The Kier molecular flexibility index (Phi) is 8.40. The largest absolute Gasteiger partial charge is 0.352 e. The number of anilines is 1. The first-order chi connectivity index (χ1) is 19.4. The number of thioether (sulfide) groups is 1. The van der Waals surface area contributed by atoms with E-state index in [1.807, 2.05) is 78.9 Å². The maximum atomic E-state index is 13.0. The van der Waals surface area contributed by atoms with Crippen molar-refractivity contribution in [2.75, 3.05) is 11.1 Å². The number of benzene rings is 3. The molecule has 40 heavy (non-hydrogen) atoms. The predicted molar refractivity (Wildman–Crippen MR) is 160 cm³/mol. The third-order valence-electron chi connectivity index (χ3n) is 6.78. The normalized spacial score (nSPS) is 15.7. The zero-order valence-corrected chi connectivity index (χ0v) is 23.3. The zero-order valence-electron chi connectivity index (χ0n) is 22.5. The van der Waals surface area contributed by atoms with Crippen LogP contribution >= 0.6 is 11.8 Å². The van der Waals surface area contributed by atoms with Crippen molar-refractivity contribution in [1.29, 1.82) is 0 Å². The van der Waals surface area contributed by atoms with E-state index in [2.05, 4.69) is 29.5 Å². The summed E-state index contributed by atoms with van der Waals surface area (Å²) >= 11 is 1.25. The van der Waals surface area contributed by atoms with Crippen molar-refractivity contribution < 1.29 is 14.4 Å². The molecule has 5 rings (SSSR count). The van der Waals surface area contributed by atoms with Crippen molar-refractivity contribution in [2.24, 2.45) is 9.98 Å². The summed E-state index contributed by atoms with van der Waals surface area (Å²) in [6.45, 7) is 4.67. The number of carbonyl (C=O) groups excluding carboxylic acids is 3. The molecule has 0 aliphatic carbocycles. The third-order valence-corrected chi connectivity index (χ3v) is 7.73. The van der Waals surface area contributed by atoms with Crippen LogP contribution in [-0.4, -0.2) is 45.4 Å². The molecule has 2 aliphatic rings. The lowest BCUT2D eigenvalue weighted by atomic mass is 10.0. The lowest BCUT2D eigenvalue weighted by Gasteiger charge is -2.31. The maximum Gasteiger partial charge on any atom is 0.270 e. The first-order valence-corrected chi connectivity index (χ1v) is 14.3. The number of hydrogen-bond acceptors (Lipinski definition) is 6. The second kappa shape index (κ2) is 12.3. The molecule has 204 valence electrons. The Bertz CT molecular complexity index is 1470. The van der Waals surface area contributed by atoms with Crippen LogP contribution in [0.15, 0.2) is 88.8 Å².